The van der Waals surface area contributed by atoms with Gasteiger partial charge in [-0.2, -0.15) is 0 Å². The molecule has 2 aromatic carbocycles. The monoisotopic (exact) mass is 289 g/mol. The molecule has 0 bridgehead atoms. The van der Waals surface area contributed by atoms with E-state index in [2.05, 4.69) is 26.0 Å². The zero-order chi connectivity index (χ0) is 14.5. The average molecular weight is 290 g/mol. The Morgan fingerprint density at radius 2 is 1.85 bits per heavy atom. The molecule has 0 saturated carbocycles. The molecule has 1 unspecified atom stereocenters. The first-order valence-electron chi connectivity index (χ1n) is 6.86. The van der Waals surface area contributed by atoms with Crippen LogP contribution in [0.25, 0.3) is 0 Å². The van der Waals surface area contributed by atoms with Crippen molar-refractivity contribution < 1.29 is 4.74 Å². The van der Waals surface area contributed by atoms with Crippen LogP contribution in [0.3, 0.4) is 0 Å². The summed E-state index contributed by atoms with van der Waals surface area (Å²) in [7, 11) is 0. The summed E-state index contributed by atoms with van der Waals surface area (Å²) < 4.78 is 5.76. The van der Waals surface area contributed by atoms with Gasteiger partial charge in [-0.3, -0.25) is 0 Å². The number of rotatable bonds is 5. The van der Waals surface area contributed by atoms with Crippen molar-refractivity contribution in [3.63, 3.8) is 0 Å². The molecule has 2 aromatic rings. The highest BCUT2D eigenvalue weighted by atomic mass is 35.5. The maximum absolute atomic E-state index is 6.12. The van der Waals surface area contributed by atoms with Crippen LogP contribution in [0.1, 0.15) is 37.3 Å². The summed E-state index contributed by atoms with van der Waals surface area (Å²) in [6, 6.07) is 13.7. The summed E-state index contributed by atoms with van der Waals surface area (Å²) in [5.74, 6) is 1.43. The number of anilines is 1. The Morgan fingerprint density at radius 3 is 2.45 bits per heavy atom. The molecule has 1 atom stereocenters. The predicted octanol–water partition coefficient (Wildman–Crippen LogP) is 5.01. The molecule has 2 rings (SSSR count). The van der Waals surface area contributed by atoms with E-state index in [1.165, 1.54) is 5.56 Å². The van der Waals surface area contributed by atoms with Crippen LogP contribution in [0, 0.1) is 0 Å². The molecule has 3 heteroatoms. The molecule has 0 aliphatic rings. The van der Waals surface area contributed by atoms with Crippen molar-refractivity contribution in [3.05, 3.63) is 58.6 Å². The van der Waals surface area contributed by atoms with E-state index >= 15 is 0 Å². The first kappa shape index (κ1) is 14.7. The first-order valence-corrected chi connectivity index (χ1v) is 7.24. The minimum Gasteiger partial charge on any atom is -0.489 e. The predicted molar refractivity (Wildman–Crippen MR) is 85.3 cm³/mol. The number of hydrogen-bond acceptors (Lipinski definition) is 2. The van der Waals surface area contributed by atoms with Crippen molar-refractivity contribution in [2.75, 3.05) is 5.73 Å². The fourth-order valence-electron chi connectivity index (χ4n) is 1.97. The third kappa shape index (κ3) is 3.67. The Hall–Kier alpha value is -1.67. The number of halogens is 1. The van der Waals surface area contributed by atoms with E-state index in [0.29, 0.717) is 23.2 Å². The molecule has 0 radical (unpaired) electrons. The SMILES string of the molecule is CCC(C)c1ccc(OCc2ccc(N)cc2Cl)cc1. The summed E-state index contributed by atoms with van der Waals surface area (Å²) in [5.41, 5.74) is 8.61. The molecule has 106 valence electrons. The van der Waals surface area contributed by atoms with E-state index in [0.717, 1.165) is 17.7 Å². The summed E-state index contributed by atoms with van der Waals surface area (Å²) in [4.78, 5) is 0. The van der Waals surface area contributed by atoms with Gasteiger partial charge in [-0.05, 0) is 42.2 Å². The molecule has 0 amide bonds. The molecule has 0 aliphatic carbocycles. The van der Waals surface area contributed by atoms with Gasteiger partial charge in [-0.1, -0.05) is 43.6 Å². The lowest BCUT2D eigenvalue weighted by Crippen LogP contribution is -1.98. The highest BCUT2D eigenvalue weighted by molar-refractivity contribution is 6.31. The van der Waals surface area contributed by atoms with Crippen LogP contribution in [0.2, 0.25) is 5.02 Å². The number of ether oxygens (including phenoxy) is 1. The van der Waals surface area contributed by atoms with Crippen LogP contribution in [-0.2, 0) is 6.61 Å². The van der Waals surface area contributed by atoms with E-state index in [1.807, 2.05) is 24.3 Å². The van der Waals surface area contributed by atoms with Crippen molar-refractivity contribution >= 4 is 17.3 Å². The molecule has 2 nitrogen and oxygen atoms in total. The highest BCUT2D eigenvalue weighted by Crippen LogP contribution is 2.24. The maximum atomic E-state index is 6.12. The second kappa shape index (κ2) is 6.67. The second-order valence-electron chi connectivity index (χ2n) is 5.02. The van der Waals surface area contributed by atoms with E-state index in [-0.39, 0.29) is 0 Å². The van der Waals surface area contributed by atoms with Crippen molar-refractivity contribution in [3.8, 4) is 5.75 Å². The van der Waals surface area contributed by atoms with Gasteiger partial charge in [0, 0.05) is 16.3 Å². The van der Waals surface area contributed by atoms with Gasteiger partial charge in [0.1, 0.15) is 12.4 Å². The summed E-state index contributed by atoms with van der Waals surface area (Å²) >= 11 is 6.12. The van der Waals surface area contributed by atoms with E-state index in [9.17, 15) is 0 Å². The molecule has 0 aliphatic heterocycles. The van der Waals surface area contributed by atoms with E-state index < -0.39 is 0 Å². The standard InChI is InChI=1S/C17H20ClNO/c1-3-12(2)13-5-8-16(9-6-13)20-11-14-4-7-15(19)10-17(14)18/h4-10,12H,3,11,19H2,1-2H3. The van der Waals surface area contributed by atoms with Gasteiger partial charge in [0.05, 0.1) is 0 Å². The molecular formula is C17H20ClNO. The van der Waals surface area contributed by atoms with E-state index in [1.54, 1.807) is 6.07 Å². The van der Waals surface area contributed by atoms with Crippen molar-refractivity contribution in [1.82, 2.24) is 0 Å². The van der Waals surface area contributed by atoms with Crippen molar-refractivity contribution in [1.29, 1.82) is 0 Å². The van der Waals surface area contributed by atoms with Gasteiger partial charge in [0.25, 0.3) is 0 Å². The summed E-state index contributed by atoms with van der Waals surface area (Å²) in [6.07, 6.45) is 1.14. The van der Waals surface area contributed by atoms with Gasteiger partial charge in [-0.25, -0.2) is 0 Å². The smallest absolute Gasteiger partial charge is 0.119 e. The Kier molecular flexibility index (Phi) is 4.91. The molecule has 0 heterocycles. The number of nitrogens with two attached hydrogens (primary N) is 1. The minimum atomic E-state index is 0.446. The van der Waals surface area contributed by atoms with Crippen LogP contribution < -0.4 is 10.5 Å². The van der Waals surface area contributed by atoms with Crippen LogP contribution in [0.5, 0.6) is 5.75 Å². The molecular weight excluding hydrogens is 270 g/mol. The molecule has 0 spiro atoms. The van der Waals surface area contributed by atoms with Crippen LogP contribution in [-0.4, -0.2) is 0 Å². The Labute approximate surface area is 125 Å². The third-order valence-corrected chi connectivity index (χ3v) is 3.88. The fourth-order valence-corrected chi connectivity index (χ4v) is 2.21. The molecule has 0 saturated heterocycles. The number of benzene rings is 2. The molecule has 20 heavy (non-hydrogen) atoms. The molecule has 0 aromatic heterocycles. The van der Waals surface area contributed by atoms with Gasteiger partial charge in [0.15, 0.2) is 0 Å². The van der Waals surface area contributed by atoms with Crippen LogP contribution in [0.15, 0.2) is 42.5 Å². The van der Waals surface area contributed by atoms with Crippen LogP contribution in [0.4, 0.5) is 5.69 Å². The topological polar surface area (TPSA) is 35.2 Å². The quantitative estimate of drug-likeness (QED) is 0.785. The summed E-state index contributed by atoms with van der Waals surface area (Å²) in [6.45, 7) is 4.87. The minimum absolute atomic E-state index is 0.446. The zero-order valence-corrected chi connectivity index (χ0v) is 12.7. The van der Waals surface area contributed by atoms with E-state index in [4.69, 9.17) is 22.1 Å². The van der Waals surface area contributed by atoms with Crippen LogP contribution >= 0.6 is 11.6 Å². The van der Waals surface area contributed by atoms with Gasteiger partial charge in [0.2, 0.25) is 0 Å². The normalized spacial score (nSPS) is 12.2. The number of nitrogen functional groups attached to an aromatic ring is 1. The Balaban J connectivity index is 2.00. The average Bonchev–Trinajstić information content (AvgIpc) is 2.46. The lowest BCUT2D eigenvalue weighted by molar-refractivity contribution is 0.306. The maximum Gasteiger partial charge on any atom is 0.119 e. The fraction of sp³-hybridized carbons (Fsp3) is 0.294. The second-order valence-corrected chi connectivity index (χ2v) is 5.43. The Bertz CT molecular complexity index is 566. The zero-order valence-electron chi connectivity index (χ0n) is 11.9. The largest absolute Gasteiger partial charge is 0.489 e. The first-order chi connectivity index (χ1) is 9.60. The lowest BCUT2D eigenvalue weighted by Gasteiger charge is -2.11. The third-order valence-electron chi connectivity index (χ3n) is 3.53. The highest BCUT2D eigenvalue weighted by Gasteiger charge is 2.04. The molecule has 0 fully saturated rings. The van der Waals surface area contributed by atoms with Gasteiger partial charge >= 0.3 is 0 Å². The van der Waals surface area contributed by atoms with Gasteiger partial charge < -0.3 is 10.5 Å². The number of hydrogen-bond donors (Lipinski definition) is 1. The van der Waals surface area contributed by atoms with Crippen molar-refractivity contribution in [2.24, 2.45) is 0 Å². The molecule has 2 N–H and O–H groups in total. The van der Waals surface area contributed by atoms with Crippen molar-refractivity contribution in [2.45, 2.75) is 32.8 Å². The lowest BCUT2D eigenvalue weighted by atomic mass is 9.99. The Morgan fingerprint density at radius 1 is 1.15 bits per heavy atom. The van der Waals surface area contributed by atoms with Gasteiger partial charge in [-0.15, -0.1) is 0 Å². The summed E-state index contributed by atoms with van der Waals surface area (Å²) in [5, 5.41) is 0.640.